The molecule has 88 valence electrons. The van der Waals surface area contributed by atoms with E-state index in [-0.39, 0.29) is 0 Å². The quantitative estimate of drug-likeness (QED) is 0.780. The van der Waals surface area contributed by atoms with E-state index in [1.54, 1.807) is 12.4 Å². The minimum Gasteiger partial charge on any atom is -0.487 e. The zero-order valence-electron chi connectivity index (χ0n) is 9.56. The average molecular weight is 249 g/mol. The summed E-state index contributed by atoms with van der Waals surface area (Å²) in [4.78, 5) is 8.36. The van der Waals surface area contributed by atoms with Crippen LogP contribution in [-0.2, 0) is 12.5 Å². The summed E-state index contributed by atoms with van der Waals surface area (Å²) >= 11 is 5.83. The predicted octanol–water partition coefficient (Wildman–Crippen LogP) is 3.10. The van der Waals surface area contributed by atoms with Gasteiger partial charge in [-0.15, -0.1) is 11.6 Å². The van der Waals surface area contributed by atoms with Crippen molar-refractivity contribution in [3.8, 4) is 5.75 Å². The zero-order valence-corrected chi connectivity index (χ0v) is 10.3. The van der Waals surface area contributed by atoms with Gasteiger partial charge >= 0.3 is 0 Å². The van der Waals surface area contributed by atoms with E-state index in [0.29, 0.717) is 12.5 Å². The molecule has 0 radical (unpaired) electrons. The second-order valence-electron chi connectivity index (χ2n) is 3.68. The molecule has 2 aromatic rings. The molecule has 0 bridgehead atoms. The smallest absolute Gasteiger partial charge is 0.142 e. The van der Waals surface area contributed by atoms with Crippen molar-refractivity contribution in [3.63, 3.8) is 0 Å². The highest BCUT2D eigenvalue weighted by molar-refractivity contribution is 6.17. The standard InChI is InChI=1S/C13H13ClN2O/c1-10-4-5-13(12(7-14)16-10)17-9-11-3-2-6-15-8-11/h2-6,8H,7,9H2,1H3. The van der Waals surface area contributed by atoms with Crippen LogP contribution in [0.1, 0.15) is 17.0 Å². The maximum Gasteiger partial charge on any atom is 0.142 e. The van der Waals surface area contributed by atoms with E-state index < -0.39 is 0 Å². The Morgan fingerprint density at radius 2 is 2.18 bits per heavy atom. The molecule has 0 aromatic carbocycles. The number of alkyl halides is 1. The molecule has 0 spiro atoms. The first-order chi connectivity index (χ1) is 8.29. The molecule has 0 amide bonds. The molecule has 17 heavy (non-hydrogen) atoms. The molecule has 0 saturated heterocycles. The molecule has 4 heteroatoms. The van der Waals surface area contributed by atoms with E-state index >= 15 is 0 Å². The number of aromatic nitrogens is 2. The topological polar surface area (TPSA) is 35.0 Å². The Kier molecular flexibility index (Phi) is 3.94. The number of ether oxygens (including phenoxy) is 1. The van der Waals surface area contributed by atoms with Crippen LogP contribution < -0.4 is 4.74 Å². The molecule has 2 heterocycles. The average Bonchev–Trinajstić information content (AvgIpc) is 2.38. The molecule has 0 aliphatic rings. The van der Waals surface area contributed by atoms with Crippen molar-refractivity contribution < 1.29 is 4.74 Å². The normalized spacial score (nSPS) is 10.2. The molecule has 0 aliphatic carbocycles. The Morgan fingerprint density at radius 3 is 2.88 bits per heavy atom. The van der Waals surface area contributed by atoms with Crippen molar-refractivity contribution in [2.24, 2.45) is 0 Å². The molecule has 3 nitrogen and oxygen atoms in total. The fourth-order valence-electron chi connectivity index (χ4n) is 1.47. The lowest BCUT2D eigenvalue weighted by Gasteiger charge is -2.09. The van der Waals surface area contributed by atoms with E-state index in [2.05, 4.69) is 9.97 Å². The van der Waals surface area contributed by atoms with Crippen molar-refractivity contribution in [2.75, 3.05) is 0 Å². The van der Waals surface area contributed by atoms with Crippen molar-refractivity contribution in [2.45, 2.75) is 19.4 Å². The summed E-state index contributed by atoms with van der Waals surface area (Å²) in [6.45, 7) is 2.41. The Labute approximate surface area is 105 Å². The highest BCUT2D eigenvalue weighted by atomic mass is 35.5. The summed E-state index contributed by atoms with van der Waals surface area (Å²) in [5.74, 6) is 1.08. The van der Waals surface area contributed by atoms with E-state index in [1.165, 1.54) is 0 Å². The molecule has 0 saturated carbocycles. The predicted molar refractivity (Wildman–Crippen MR) is 67.1 cm³/mol. The number of aryl methyl sites for hydroxylation is 1. The van der Waals surface area contributed by atoms with Gasteiger partial charge in [0.15, 0.2) is 0 Å². The summed E-state index contributed by atoms with van der Waals surface area (Å²) in [6.07, 6.45) is 3.52. The van der Waals surface area contributed by atoms with Crippen molar-refractivity contribution in [3.05, 3.63) is 53.6 Å². The molecule has 0 fully saturated rings. The van der Waals surface area contributed by atoms with Gasteiger partial charge in [0.2, 0.25) is 0 Å². The summed E-state index contributed by atoms with van der Waals surface area (Å²) in [5, 5.41) is 0. The Balaban J connectivity index is 2.09. The van der Waals surface area contributed by atoms with Crippen molar-refractivity contribution in [1.29, 1.82) is 0 Å². The minimum atomic E-state index is 0.351. The highest BCUT2D eigenvalue weighted by Gasteiger charge is 2.05. The van der Waals surface area contributed by atoms with Gasteiger partial charge in [-0.3, -0.25) is 9.97 Å². The second kappa shape index (κ2) is 5.64. The summed E-state index contributed by atoms with van der Waals surface area (Å²) in [7, 11) is 0. The van der Waals surface area contributed by atoms with Gasteiger partial charge in [0, 0.05) is 23.7 Å². The number of nitrogens with zero attached hydrogens (tertiary/aromatic N) is 2. The number of hydrogen-bond donors (Lipinski definition) is 0. The molecular formula is C13H13ClN2O. The highest BCUT2D eigenvalue weighted by Crippen LogP contribution is 2.19. The SMILES string of the molecule is Cc1ccc(OCc2cccnc2)c(CCl)n1. The van der Waals surface area contributed by atoms with Crippen LogP contribution in [0.25, 0.3) is 0 Å². The van der Waals surface area contributed by atoms with E-state index in [0.717, 1.165) is 22.7 Å². The summed E-state index contributed by atoms with van der Waals surface area (Å²) in [6, 6.07) is 7.66. The van der Waals surface area contributed by atoms with Crippen LogP contribution in [0.3, 0.4) is 0 Å². The van der Waals surface area contributed by atoms with E-state index in [9.17, 15) is 0 Å². The van der Waals surface area contributed by atoms with E-state index in [4.69, 9.17) is 16.3 Å². The number of pyridine rings is 2. The fraction of sp³-hybridized carbons (Fsp3) is 0.231. The summed E-state index contributed by atoms with van der Waals surface area (Å²) < 4.78 is 5.68. The van der Waals surface area contributed by atoms with E-state index in [1.807, 2.05) is 31.2 Å². The first kappa shape index (κ1) is 11.9. The van der Waals surface area contributed by atoms with Gasteiger partial charge in [-0.2, -0.15) is 0 Å². The molecule has 0 atom stereocenters. The van der Waals surface area contributed by atoms with Crippen LogP contribution in [0, 0.1) is 6.92 Å². The third-order valence-electron chi connectivity index (χ3n) is 2.32. The van der Waals surface area contributed by atoms with Gasteiger partial charge in [0.1, 0.15) is 12.4 Å². The largest absolute Gasteiger partial charge is 0.487 e. The van der Waals surface area contributed by atoms with Crippen LogP contribution in [0.4, 0.5) is 0 Å². The number of halogens is 1. The maximum absolute atomic E-state index is 5.83. The molecular weight excluding hydrogens is 236 g/mol. The lowest BCUT2D eigenvalue weighted by Crippen LogP contribution is -2.00. The first-order valence-electron chi connectivity index (χ1n) is 5.34. The molecule has 0 unspecified atom stereocenters. The zero-order chi connectivity index (χ0) is 12.1. The fourth-order valence-corrected chi connectivity index (χ4v) is 1.66. The first-order valence-corrected chi connectivity index (χ1v) is 5.87. The molecule has 2 rings (SSSR count). The van der Waals surface area contributed by atoms with Gasteiger partial charge < -0.3 is 4.74 Å². The maximum atomic E-state index is 5.83. The van der Waals surface area contributed by atoms with Crippen molar-refractivity contribution >= 4 is 11.6 Å². The third kappa shape index (κ3) is 3.17. The van der Waals surface area contributed by atoms with Crippen LogP contribution in [0.5, 0.6) is 5.75 Å². The van der Waals surface area contributed by atoms with Crippen molar-refractivity contribution in [1.82, 2.24) is 9.97 Å². The van der Waals surface area contributed by atoms with Crippen LogP contribution in [0.15, 0.2) is 36.7 Å². The lowest BCUT2D eigenvalue weighted by molar-refractivity contribution is 0.301. The molecule has 0 N–H and O–H groups in total. The second-order valence-corrected chi connectivity index (χ2v) is 3.95. The Bertz CT molecular complexity index is 488. The van der Waals surface area contributed by atoms with Gasteiger partial charge in [0.05, 0.1) is 11.6 Å². The number of hydrogen-bond acceptors (Lipinski definition) is 3. The Hall–Kier alpha value is -1.61. The van der Waals surface area contributed by atoms with Gasteiger partial charge in [0.25, 0.3) is 0 Å². The van der Waals surface area contributed by atoms with Gasteiger partial charge in [-0.05, 0) is 25.1 Å². The Morgan fingerprint density at radius 1 is 1.29 bits per heavy atom. The number of rotatable bonds is 4. The van der Waals surface area contributed by atoms with Crippen LogP contribution >= 0.6 is 11.6 Å². The lowest BCUT2D eigenvalue weighted by atomic mass is 10.3. The van der Waals surface area contributed by atoms with Crippen LogP contribution in [0.2, 0.25) is 0 Å². The van der Waals surface area contributed by atoms with Crippen LogP contribution in [-0.4, -0.2) is 9.97 Å². The summed E-state index contributed by atoms with van der Waals surface area (Å²) in [5.41, 5.74) is 2.73. The minimum absolute atomic E-state index is 0.351. The third-order valence-corrected chi connectivity index (χ3v) is 2.57. The van der Waals surface area contributed by atoms with Gasteiger partial charge in [-0.25, -0.2) is 0 Å². The molecule has 2 aromatic heterocycles. The molecule has 0 aliphatic heterocycles. The monoisotopic (exact) mass is 248 g/mol. The van der Waals surface area contributed by atoms with Gasteiger partial charge in [-0.1, -0.05) is 6.07 Å².